The lowest BCUT2D eigenvalue weighted by Gasteiger charge is -2.25. The van der Waals surface area contributed by atoms with Crippen LogP contribution in [0.4, 0.5) is 10.5 Å². The molecule has 0 bridgehead atoms. The van der Waals surface area contributed by atoms with Gasteiger partial charge in [0.1, 0.15) is 0 Å². The third-order valence-corrected chi connectivity index (χ3v) is 4.78. The van der Waals surface area contributed by atoms with Gasteiger partial charge in [0.2, 0.25) is 0 Å². The Morgan fingerprint density at radius 3 is 2.68 bits per heavy atom. The van der Waals surface area contributed by atoms with Crippen molar-refractivity contribution in [2.75, 3.05) is 32.0 Å². The summed E-state index contributed by atoms with van der Waals surface area (Å²) in [6.45, 7) is 4.98. The largest absolute Gasteiger partial charge is 0.480 e. The highest BCUT2D eigenvalue weighted by Crippen LogP contribution is 2.19. The molecule has 3 N–H and O–H groups in total. The first-order valence-electron chi connectivity index (χ1n) is 9.65. The maximum absolute atomic E-state index is 12.9. The Hall–Kier alpha value is -2.61. The Morgan fingerprint density at radius 2 is 2.00 bits per heavy atom. The fourth-order valence-corrected chi connectivity index (χ4v) is 3.41. The number of carbonyl (C=O) groups is 3. The molecule has 1 fully saturated rings. The van der Waals surface area contributed by atoms with Crippen molar-refractivity contribution in [3.05, 3.63) is 29.8 Å². The van der Waals surface area contributed by atoms with Crippen LogP contribution in [-0.2, 0) is 4.79 Å². The van der Waals surface area contributed by atoms with Crippen LogP contribution >= 0.6 is 0 Å². The molecule has 0 aliphatic carbocycles. The molecule has 1 aromatic rings. The average molecular weight is 390 g/mol. The molecule has 0 aromatic heterocycles. The van der Waals surface area contributed by atoms with Gasteiger partial charge in [0.25, 0.3) is 5.91 Å². The molecule has 0 saturated carbocycles. The van der Waals surface area contributed by atoms with Crippen LogP contribution in [0, 0.1) is 0 Å². The standard InChI is InChI=1S/C20H30N4O4/c1-14(2)21-20(28)22-16-7-4-6-15(12-16)19(27)24-10-5-8-17(9-11-24)23(3)13-18(25)26/h4,6-7,12,14,17H,5,8-11,13H2,1-3H3,(H,25,26)(H2,21,22,28). The van der Waals surface area contributed by atoms with Crippen LogP contribution in [0.2, 0.25) is 0 Å². The fourth-order valence-electron chi connectivity index (χ4n) is 3.41. The number of nitrogens with zero attached hydrogens (tertiary/aromatic N) is 2. The van der Waals surface area contributed by atoms with Gasteiger partial charge in [-0.3, -0.25) is 14.5 Å². The number of likely N-dealkylation sites (tertiary alicyclic amines) is 1. The summed E-state index contributed by atoms with van der Waals surface area (Å²) in [5.41, 5.74) is 1.09. The van der Waals surface area contributed by atoms with Crippen molar-refractivity contribution in [1.29, 1.82) is 0 Å². The molecule has 1 atom stereocenters. The smallest absolute Gasteiger partial charge is 0.319 e. The third kappa shape index (κ3) is 6.53. The van der Waals surface area contributed by atoms with Crippen molar-refractivity contribution in [2.24, 2.45) is 0 Å². The maximum Gasteiger partial charge on any atom is 0.319 e. The quantitative estimate of drug-likeness (QED) is 0.691. The number of likely N-dealkylation sites (N-methyl/N-ethyl adjacent to an activating group) is 1. The summed E-state index contributed by atoms with van der Waals surface area (Å²) in [4.78, 5) is 39.3. The van der Waals surface area contributed by atoms with E-state index in [0.717, 1.165) is 19.3 Å². The molecule has 1 saturated heterocycles. The number of carboxylic acids is 1. The van der Waals surface area contributed by atoms with Crippen LogP contribution in [0.5, 0.6) is 0 Å². The van der Waals surface area contributed by atoms with E-state index in [1.54, 1.807) is 24.3 Å². The minimum absolute atomic E-state index is 0.00473. The van der Waals surface area contributed by atoms with Crippen molar-refractivity contribution in [3.63, 3.8) is 0 Å². The minimum Gasteiger partial charge on any atom is -0.480 e. The van der Waals surface area contributed by atoms with E-state index in [2.05, 4.69) is 10.6 Å². The van der Waals surface area contributed by atoms with E-state index in [9.17, 15) is 14.4 Å². The monoisotopic (exact) mass is 390 g/mol. The zero-order valence-electron chi connectivity index (χ0n) is 16.8. The number of urea groups is 1. The molecule has 1 heterocycles. The van der Waals surface area contributed by atoms with Crippen LogP contribution < -0.4 is 10.6 Å². The molecule has 3 amide bonds. The van der Waals surface area contributed by atoms with Gasteiger partial charge in [-0.25, -0.2) is 4.79 Å². The summed E-state index contributed by atoms with van der Waals surface area (Å²) >= 11 is 0. The second kappa shape index (κ2) is 10.1. The molecule has 1 aromatic carbocycles. The number of carboxylic acid groups (broad SMARTS) is 1. The number of aliphatic carboxylic acids is 1. The first-order valence-corrected chi connectivity index (χ1v) is 9.65. The lowest BCUT2D eigenvalue weighted by Crippen LogP contribution is -2.37. The van der Waals surface area contributed by atoms with E-state index in [1.165, 1.54) is 0 Å². The molecule has 1 unspecified atom stereocenters. The number of hydrogen-bond donors (Lipinski definition) is 3. The van der Waals surface area contributed by atoms with Gasteiger partial charge in [0.15, 0.2) is 0 Å². The SMILES string of the molecule is CC(C)NC(=O)Nc1cccc(C(=O)N2CCCC(N(C)CC(=O)O)CC2)c1. The van der Waals surface area contributed by atoms with Crippen LogP contribution in [0.3, 0.4) is 0 Å². The van der Waals surface area contributed by atoms with Gasteiger partial charge < -0.3 is 20.6 Å². The van der Waals surface area contributed by atoms with Crippen molar-refractivity contribution >= 4 is 23.6 Å². The first kappa shape index (κ1) is 21.7. The zero-order valence-corrected chi connectivity index (χ0v) is 16.8. The molecule has 154 valence electrons. The van der Waals surface area contributed by atoms with Gasteiger partial charge in [-0.2, -0.15) is 0 Å². The van der Waals surface area contributed by atoms with Gasteiger partial charge >= 0.3 is 12.0 Å². The third-order valence-electron chi connectivity index (χ3n) is 4.78. The lowest BCUT2D eigenvalue weighted by atomic mass is 10.1. The van der Waals surface area contributed by atoms with Gasteiger partial charge in [-0.1, -0.05) is 6.07 Å². The van der Waals surface area contributed by atoms with E-state index in [0.29, 0.717) is 24.3 Å². The summed E-state index contributed by atoms with van der Waals surface area (Å²) in [5.74, 6) is -0.917. The van der Waals surface area contributed by atoms with Crippen LogP contribution in [0.15, 0.2) is 24.3 Å². The summed E-state index contributed by atoms with van der Waals surface area (Å²) in [7, 11) is 1.81. The van der Waals surface area contributed by atoms with Gasteiger partial charge in [-0.05, 0) is 58.4 Å². The van der Waals surface area contributed by atoms with Gasteiger partial charge in [0, 0.05) is 36.4 Å². The lowest BCUT2D eigenvalue weighted by molar-refractivity contribution is -0.138. The molecule has 0 spiro atoms. The van der Waals surface area contributed by atoms with Crippen LogP contribution in [-0.4, -0.2) is 71.6 Å². The van der Waals surface area contributed by atoms with E-state index in [4.69, 9.17) is 5.11 Å². The average Bonchev–Trinajstić information content (AvgIpc) is 2.86. The highest BCUT2D eigenvalue weighted by molar-refractivity contribution is 5.97. The second-order valence-corrected chi connectivity index (χ2v) is 7.52. The number of nitrogens with one attached hydrogen (secondary N) is 2. The van der Waals surface area contributed by atoms with Crippen molar-refractivity contribution < 1.29 is 19.5 Å². The van der Waals surface area contributed by atoms with Crippen molar-refractivity contribution in [3.8, 4) is 0 Å². The summed E-state index contributed by atoms with van der Waals surface area (Å²) in [6.07, 6.45) is 2.43. The molecule has 8 heteroatoms. The Bertz CT molecular complexity index is 707. The number of rotatable bonds is 6. The summed E-state index contributed by atoms with van der Waals surface area (Å²) < 4.78 is 0. The number of hydrogen-bond acceptors (Lipinski definition) is 4. The topological polar surface area (TPSA) is 102 Å². The molecule has 1 aliphatic heterocycles. The molecular formula is C20H30N4O4. The number of benzene rings is 1. The fraction of sp³-hybridized carbons (Fsp3) is 0.550. The highest BCUT2D eigenvalue weighted by atomic mass is 16.4. The van der Waals surface area contributed by atoms with E-state index in [1.807, 2.05) is 30.7 Å². The number of anilines is 1. The number of carbonyl (C=O) groups excluding carboxylic acids is 2. The second-order valence-electron chi connectivity index (χ2n) is 7.52. The minimum atomic E-state index is -0.842. The van der Waals surface area contributed by atoms with E-state index in [-0.39, 0.29) is 30.6 Å². The Morgan fingerprint density at radius 1 is 1.25 bits per heavy atom. The van der Waals surface area contributed by atoms with Crippen LogP contribution in [0.25, 0.3) is 0 Å². The predicted octanol–water partition coefficient (Wildman–Crippen LogP) is 2.23. The first-order chi connectivity index (χ1) is 13.3. The zero-order chi connectivity index (χ0) is 20.7. The predicted molar refractivity (Wildman–Crippen MR) is 108 cm³/mol. The van der Waals surface area contributed by atoms with Gasteiger partial charge in [0.05, 0.1) is 6.54 Å². The van der Waals surface area contributed by atoms with Gasteiger partial charge in [-0.15, -0.1) is 0 Å². The number of amides is 3. The van der Waals surface area contributed by atoms with E-state index >= 15 is 0 Å². The maximum atomic E-state index is 12.9. The summed E-state index contributed by atoms with van der Waals surface area (Å²) in [6, 6.07) is 6.79. The van der Waals surface area contributed by atoms with E-state index < -0.39 is 5.97 Å². The van der Waals surface area contributed by atoms with Crippen LogP contribution in [0.1, 0.15) is 43.5 Å². The molecule has 1 aliphatic rings. The van der Waals surface area contributed by atoms with Crippen molar-refractivity contribution in [2.45, 2.75) is 45.2 Å². The normalized spacial score (nSPS) is 17.3. The molecule has 2 rings (SSSR count). The molecule has 28 heavy (non-hydrogen) atoms. The Labute approximate surface area is 165 Å². The Balaban J connectivity index is 1.99. The molecule has 0 radical (unpaired) electrons. The molecular weight excluding hydrogens is 360 g/mol. The van der Waals surface area contributed by atoms with Crippen molar-refractivity contribution in [1.82, 2.24) is 15.1 Å². The molecule has 8 nitrogen and oxygen atoms in total. The summed E-state index contributed by atoms with van der Waals surface area (Å²) in [5, 5.41) is 14.5. The highest BCUT2D eigenvalue weighted by Gasteiger charge is 2.24. The Kier molecular flexibility index (Phi) is 7.80.